The first kappa shape index (κ1) is 16.0. The van der Waals surface area contributed by atoms with Gasteiger partial charge in [0.05, 0.1) is 0 Å². The van der Waals surface area contributed by atoms with Gasteiger partial charge in [-0.15, -0.1) is 0 Å². The van der Waals surface area contributed by atoms with Gasteiger partial charge in [0.2, 0.25) is 0 Å². The van der Waals surface area contributed by atoms with Crippen molar-refractivity contribution in [3.63, 3.8) is 0 Å². The molecule has 1 saturated carbocycles. The third-order valence-electron chi connectivity index (χ3n) is 4.14. The summed E-state index contributed by atoms with van der Waals surface area (Å²) in [5.74, 6) is 0.503. The maximum absolute atomic E-state index is 11.7. The van der Waals surface area contributed by atoms with Crippen LogP contribution < -0.4 is 10.6 Å². The van der Waals surface area contributed by atoms with Crippen LogP contribution in [0.1, 0.15) is 24.8 Å². The van der Waals surface area contributed by atoms with E-state index in [1.807, 2.05) is 6.07 Å². The summed E-state index contributed by atoms with van der Waals surface area (Å²) in [7, 11) is -0.862. The Morgan fingerprint density at radius 3 is 2.52 bits per heavy atom. The van der Waals surface area contributed by atoms with Gasteiger partial charge in [0.15, 0.2) is 0 Å². The zero-order chi connectivity index (χ0) is 15.1. The minimum absolute atomic E-state index is 0.153. The van der Waals surface area contributed by atoms with Crippen LogP contribution in [0.15, 0.2) is 30.3 Å². The normalized spacial score (nSPS) is 17.6. The molecule has 1 aliphatic carbocycles. The standard InChI is InChI=1S/C16H24N2O2S/c1-21(20)11-10-17-15(19)18-13-16(8-5-9-16)12-14-6-3-2-4-7-14/h2-4,6-7H,5,8-13H2,1H3,(H2,17,18,19)/t21-/m1/s1. The molecule has 5 heteroatoms. The number of carbonyl (C=O) groups excluding carboxylic acids is 1. The summed E-state index contributed by atoms with van der Waals surface area (Å²) in [4.78, 5) is 11.7. The van der Waals surface area contributed by atoms with Crippen molar-refractivity contribution < 1.29 is 9.00 Å². The Labute approximate surface area is 129 Å². The smallest absolute Gasteiger partial charge is 0.314 e. The molecule has 1 atom stereocenters. The highest BCUT2D eigenvalue weighted by atomic mass is 32.2. The molecule has 2 N–H and O–H groups in total. The number of carbonyl (C=O) groups is 1. The van der Waals surface area contributed by atoms with E-state index in [-0.39, 0.29) is 11.4 Å². The lowest BCUT2D eigenvalue weighted by atomic mass is 9.65. The van der Waals surface area contributed by atoms with Crippen LogP contribution in [0.2, 0.25) is 0 Å². The number of hydrogen-bond donors (Lipinski definition) is 2. The summed E-state index contributed by atoms with van der Waals surface area (Å²) < 4.78 is 10.9. The van der Waals surface area contributed by atoms with Crippen molar-refractivity contribution in [2.75, 3.05) is 25.1 Å². The molecule has 1 fully saturated rings. The average Bonchev–Trinajstić information content (AvgIpc) is 2.42. The topological polar surface area (TPSA) is 58.2 Å². The predicted molar refractivity (Wildman–Crippen MR) is 86.8 cm³/mol. The van der Waals surface area contributed by atoms with Crippen LogP contribution in [0, 0.1) is 5.41 Å². The van der Waals surface area contributed by atoms with E-state index in [1.54, 1.807) is 6.26 Å². The summed E-state index contributed by atoms with van der Waals surface area (Å²) in [5, 5.41) is 5.73. The number of amides is 2. The van der Waals surface area contributed by atoms with E-state index < -0.39 is 10.8 Å². The lowest BCUT2D eigenvalue weighted by molar-refractivity contribution is 0.132. The molecule has 0 heterocycles. The third-order valence-corrected chi connectivity index (χ3v) is 4.91. The quantitative estimate of drug-likeness (QED) is 0.810. The maximum atomic E-state index is 11.7. The minimum atomic E-state index is -0.862. The van der Waals surface area contributed by atoms with Gasteiger partial charge in [-0.1, -0.05) is 36.8 Å². The predicted octanol–water partition coefficient (Wildman–Crippen LogP) is 2.08. The number of rotatable bonds is 7. The molecule has 1 aromatic rings. The summed E-state index contributed by atoms with van der Waals surface area (Å²) in [5.41, 5.74) is 1.55. The zero-order valence-electron chi connectivity index (χ0n) is 12.6. The number of urea groups is 1. The second kappa shape index (κ2) is 7.59. The van der Waals surface area contributed by atoms with Crippen molar-refractivity contribution in [3.8, 4) is 0 Å². The Morgan fingerprint density at radius 2 is 1.95 bits per heavy atom. The molecule has 0 bridgehead atoms. The Balaban J connectivity index is 1.77. The fourth-order valence-corrected chi connectivity index (χ4v) is 3.15. The first-order chi connectivity index (χ1) is 10.1. The van der Waals surface area contributed by atoms with Gasteiger partial charge in [0.25, 0.3) is 0 Å². The van der Waals surface area contributed by atoms with Crippen LogP contribution in [0.4, 0.5) is 4.79 Å². The number of hydrogen-bond acceptors (Lipinski definition) is 2. The Morgan fingerprint density at radius 1 is 1.24 bits per heavy atom. The Hall–Kier alpha value is -1.36. The largest absolute Gasteiger partial charge is 0.338 e. The molecule has 2 amide bonds. The molecule has 0 saturated heterocycles. The van der Waals surface area contributed by atoms with Crippen LogP contribution in [-0.2, 0) is 17.2 Å². The van der Waals surface area contributed by atoms with Crippen molar-refractivity contribution in [2.24, 2.45) is 5.41 Å². The SMILES string of the molecule is C[S@@](=O)CCNC(=O)NCC1(Cc2ccccc2)CCC1. The van der Waals surface area contributed by atoms with Gasteiger partial charge < -0.3 is 10.6 Å². The zero-order valence-corrected chi connectivity index (χ0v) is 13.4. The van der Waals surface area contributed by atoms with Crippen molar-refractivity contribution >= 4 is 16.8 Å². The Kier molecular flexibility index (Phi) is 5.79. The van der Waals surface area contributed by atoms with Gasteiger partial charge in [-0.05, 0) is 30.2 Å². The van der Waals surface area contributed by atoms with Crippen molar-refractivity contribution in [1.82, 2.24) is 10.6 Å². The van der Waals surface area contributed by atoms with Crippen LogP contribution in [0.3, 0.4) is 0 Å². The number of nitrogens with one attached hydrogen (secondary N) is 2. The molecule has 1 aromatic carbocycles. The highest BCUT2D eigenvalue weighted by Gasteiger charge is 2.37. The van der Waals surface area contributed by atoms with E-state index >= 15 is 0 Å². The van der Waals surface area contributed by atoms with Gasteiger partial charge in [0.1, 0.15) is 0 Å². The van der Waals surface area contributed by atoms with Crippen LogP contribution in [0.5, 0.6) is 0 Å². The second-order valence-corrected chi connectivity index (χ2v) is 7.46. The highest BCUT2D eigenvalue weighted by Crippen LogP contribution is 2.43. The molecule has 2 rings (SSSR count). The molecule has 116 valence electrons. The van der Waals surface area contributed by atoms with Crippen LogP contribution >= 0.6 is 0 Å². The van der Waals surface area contributed by atoms with Crippen molar-refractivity contribution in [3.05, 3.63) is 35.9 Å². The molecule has 0 aliphatic heterocycles. The highest BCUT2D eigenvalue weighted by molar-refractivity contribution is 7.84. The minimum Gasteiger partial charge on any atom is -0.338 e. The number of benzene rings is 1. The summed E-state index contributed by atoms with van der Waals surface area (Å²) in [6, 6.07) is 10.3. The van der Waals surface area contributed by atoms with E-state index in [1.165, 1.54) is 24.8 Å². The van der Waals surface area contributed by atoms with Crippen LogP contribution in [-0.4, -0.2) is 35.3 Å². The fraction of sp³-hybridized carbons (Fsp3) is 0.562. The molecular formula is C16H24N2O2S. The molecule has 4 nitrogen and oxygen atoms in total. The molecule has 0 aromatic heterocycles. The molecule has 21 heavy (non-hydrogen) atoms. The average molecular weight is 308 g/mol. The third kappa shape index (κ3) is 5.16. The van der Waals surface area contributed by atoms with E-state index in [9.17, 15) is 9.00 Å². The van der Waals surface area contributed by atoms with E-state index in [4.69, 9.17) is 0 Å². The van der Waals surface area contributed by atoms with Crippen LogP contribution in [0.25, 0.3) is 0 Å². The van der Waals surface area contributed by atoms with Gasteiger partial charge in [-0.25, -0.2) is 4.79 Å². The van der Waals surface area contributed by atoms with Gasteiger partial charge in [-0.2, -0.15) is 0 Å². The molecule has 0 spiro atoms. The first-order valence-corrected chi connectivity index (χ1v) is 9.18. The van der Waals surface area contributed by atoms with E-state index in [0.717, 1.165) is 6.42 Å². The van der Waals surface area contributed by atoms with E-state index in [0.29, 0.717) is 18.8 Å². The summed E-state index contributed by atoms with van der Waals surface area (Å²) >= 11 is 0. The molecule has 0 radical (unpaired) electrons. The fourth-order valence-electron chi connectivity index (χ4n) is 2.76. The lowest BCUT2D eigenvalue weighted by Crippen LogP contribution is -2.47. The Bertz CT molecular complexity index is 486. The molecular weight excluding hydrogens is 284 g/mol. The monoisotopic (exact) mass is 308 g/mol. The first-order valence-electron chi connectivity index (χ1n) is 7.45. The van der Waals surface area contributed by atoms with Crippen molar-refractivity contribution in [2.45, 2.75) is 25.7 Å². The van der Waals surface area contributed by atoms with Gasteiger partial charge in [-0.3, -0.25) is 4.21 Å². The lowest BCUT2D eigenvalue weighted by Gasteiger charge is -2.42. The maximum Gasteiger partial charge on any atom is 0.314 e. The summed E-state index contributed by atoms with van der Waals surface area (Å²) in [6.45, 7) is 1.17. The van der Waals surface area contributed by atoms with Gasteiger partial charge in [0, 0.05) is 35.9 Å². The van der Waals surface area contributed by atoms with Crippen molar-refractivity contribution in [1.29, 1.82) is 0 Å². The van der Waals surface area contributed by atoms with E-state index in [2.05, 4.69) is 34.9 Å². The molecule has 1 aliphatic rings. The summed E-state index contributed by atoms with van der Waals surface area (Å²) in [6.07, 6.45) is 6.24. The second-order valence-electron chi connectivity index (χ2n) is 5.90. The van der Waals surface area contributed by atoms with Gasteiger partial charge >= 0.3 is 6.03 Å². The molecule has 0 unspecified atom stereocenters.